The Morgan fingerprint density at radius 2 is 1.85 bits per heavy atom. The molecule has 1 saturated carbocycles. The predicted octanol–water partition coefficient (Wildman–Crippen LogP) is 2.88. The van der Waals surface area contributed by atoms with Crippen molar-refractivity contribution in [3.8, 4) is 5.69 Å². The van der Waals surface area contributed by atoms with Gasteiger partial charge < -0.3 is 15.4 Å². The fourth-order valence-corrected chi connectivity index (χ4v) is 4.56. The zero-order chi connectivity index (χ0) is 24.3. The third kappa shape index (κ3) is 4.66. The van der Waals surface area contributed by atoms with Gasteiger partial charge in [0.15, 0.2) is 5.69 Å². The van der Waals surface area contributed by atoms with E-state index in [9.17, 15) is 19.2 Å². The highest BCUT2D eigenvalue weighted by atomic mass is 16.5. The number of nitrogens with one attached hydrogen (secondary N) is 2. The lowest BCUT2D eigenvalue weighted by molar-refractivity contribution is -0.135. The number of carbonyl (C=O) groups is 4. The number of ether oxygens (including phenoxy) is 1. The van der Waals surface area contributed by atoms with E-state index in [-0.39, 0.29) is 24.8 Å². The molecule has 1 aromatic heterocycles. The number of hydrogen-bond acceptors (Lipinski definition) is 6. The van der Waals surface area contributed by atoms with Gasteiger partial charge >= 0.3 is 12.0 Å². The Labute approximate surface area is 197 Å². The van der Waals surface area contributed by atoms with Crippen molar-refractivity contribution in [1.29, 1.82) is 0 Å². The smallest absolute Gasteiger partial charge is 0.358 e. The van der Waals surface area contributed by atoms with Crippen LogP contribution in [0.3, 0.4) is 0 Å². The average molecular weight is 468 g/mol. The minimum absolute atomic E-state index is 0.203. The third-order valence-corrected chi connectivity index (χ3v) is 6.57. The third-order valence-electron chi connectivity index (χ3n) is 6.57. The first-order chi connectivity index (χ1) is 16.3. The number of nitrogens with zero attached hydrogens (tertiary/aromatic N) is 3. The molecule has 2 heterocycles. The minimum Gasteiger partial charge on any atom is -0.461 e. The number of amides is 4. The molecule has 4 amide bonds. The van der Waals surface area contributed by atoms with Gasteiger partial charge in [-0.05, 0) is 68.9 Å². The maximum atomic E-state index is 13.0. The first kappa shape index (κ1) is 23.5. The van der Waals surface area contributed by atoms with Gasteiger partial charge in [0.25, 0.3) is 5.91 Å². The van der Waals surface area contributed by atoms with Crippen LogP contribution in [0.25, 0.3) is 5.69 Å². The van der Waals surface area contributed by atoms with E-state index in [0.29, 0.717) is 30.1 Å². The molecule has 2 N–H and O–H groups in total. The first-order valence-electron chi connectivity index (χ1n) is 11.6. The van der Waals surface area contributed by atoms with Gasteiger partial charge in [0, 0.05) is 11.9 Å². The van der Waals surface area contributed by atoms with Crippen LogP contribution in [0, 0.1) is 5.92 Å². The maximum absolute atomic E-state index is 13.0. The molecule has 2 aliphatic rings. The Bertz CT molecular complexity index is 1090. The molecule has 2 aromatic rings. The number of rotatable bonds is 7. The van der Waals surface area contributed by atoms with Crippen molar-refractivity contribution >= 4 is 29.5 Å². The highest BCUT2D eigenvalue weighted by Gasteiger charge is 2.52. The van der Waals surface area contributed by atoms with Crippen molar-refractivity contribution < 1.29 is 23.9 Å². The zero-order valence-electron chi connectivity index (χ0n) is 19.4. The Morgan fingerprint density at radius 1 is 1.15 bits per heavy atom. The van der Waals surface area contributed by atoms with Gasteiger partial charge in [0.1, 0.15) is 12.1 Å². The summed E-state index contributed by atoms with van der Waals surface area (Å²) < 4.78 is 6.46. The Hall–Kier alpha value is -3.69. The lowest BCUT2D eigenvalue weighted by Gasteiger charge is -2.34. The predicted molar refractivity (Wildman–Crippen MR) is 123 cm³/mol. The van der Waals surface area contributed by atoms with Gasteiger partial charge in [-0.1, -0.05) is 13.3 Å². The van der Waals surface area contributed by atoms with Crippen molar-refractivity contribution in [3.63, 3.8) is 0 Å². The van der Waals surface area contributed by atoms with E-state index in [0.717, 1.165) is 24.2 Å². The Morgan fingerprint density at radius 3 is 2.50 bits per heavy atom. The second-order valence-corrected chi connectivity index (χ2v) is 8.72. The molecule has 1 aromatic carbocycles. The van der Waals surface area contributed by atoms with Gasteiger partial charge in [-0.2, -0.15) is 5.10 Å². The van der Waals surface area contributed by atoms with Crippen LogP contribution in [0.2, 0.25) is 0 Å². The number of aromatic nitrogens is 2. The number of hydrogen-bond donors (Lipinski definition) is 2. The molecule has 0 bridgehead atoms. The van der Waals surface area contributed by atoms with Gasteiger partial charge in [-0.3, -0.25) is 14.5 Å². The van der Waals surface area contributed by atoms with E-state index in [1.54, 1.807) is 43.5 Å². The van der Waals surface area contributed by atoms with Crippen molar-refractivity contribution in [2.75, 3.05) is 18.5 Å². The summed E-state index contributed by atoms with van der Waals surface area (Å²) in [5, 5.41) is 9.75. The number of urea groups is 1. The molecule has 1 spiro atoms. The lowest BCUT2D eigenvalue weighted by Crippen LogP contribution is -2.49. The van der Waals surface area contributed by atoms with Crippen LogP contribution >= 0.6 is 0 Å². The SMILES string of the molecule is CCOC(=O)c1ccn(-c2ccc(NC(=O)CN3C(=O)NC4(CCC(CC)CC4)C3=O)cc2)n1. The molecule has 1 aliphatic heterocycles. The van der Waals surface area contributed by atoms with Crippen molar-refractivity contribution in [1.82, 2.24) is 20.0 Å². The summed E-state index contributed by atoms with van der Waals surface area (Å²) in [4.78, 5) is 50.8. The molecular formula is C24H29N5O5. The number of anilines is 1. The van der Waals surface area contributed by atoms with Crippen LogP contribution in [0.1, 0.15) is 56.4 Å². The molecule has 1 saturated heterocycles. The molecule has 10 nitrogen and oxygen atoms in total. The van der Waals surface area contributed by atoms with E-state index in [2.05, 4.69) is 22.7 Å². The average Bonchev–Trinajstić information content (AvgIpc) is 3.41. The Balaban J connectivity index is 1.35. The second kappa shape index (κ2) is 9.66. The molecular weight excluding hydrogens is 438 g/mol. The molecule has 4 rings (SSSR count). The van der Waals surface area contributed by atoms with Crippen LogP contribution in [-0.4, -0.2) is 57.2 Å². The van der Waals surface area contributed by atoms with E-state index in [1.165, 1.54) is 4.68 Å². The molecule has 180 valence electrons. The highest BCUT2D eigenvalue weighted by Crippen LogP contribution is 2.37. The van der Waals surface area contributed by atoms with Crippen LogP contribution < -0.4 is 10.6 Å². The molecule has 0 radical (unpaired) electrons. The van der Waals surface area contributed by atoms with Gasteiger partial charge in [-0.15, -0.1) is 0 Å². The largest absolute Gasteiger partial charge is 0.461 e. The quantitative estimate of drug-likeness (QED) is 0.477. The normalized spacial score (nSPS) is 22.1. The zero-order valence-corrected chi connectivity index (χ0v) is 19.4. The number of esters is 1. The summed E-state index contributed by atoms with van der Waals surface area (Å²) in [7, 11) is 0. The van der Waals surface area contributed by atoms with Gasteiger partial charge in [0.2, 0.25) is 5.91 Å². The summed E-state index contributed by atoms with van der Waals surface area (Å²) in [6.45, 7) is 3.79. The fourth-order valence-electron chi connectivity index (χ4n) is 4.56. The van der Waals surface area contributed by atoms with Crippen molar-refractivity contribution in [2.45, 2.75) is 51.5 Å². The number of imide groups is 1. The summed E-state index contributed by atoms with van der Waals surface area (Å²) in [6, 6.07) is 7.87. The van der Waals surface area contributed by atoms with E-state index >= 15 is 0 Å². The standard InChI is InChI=1S/C24H29N5O5/c1-3-16-9-12-24(13-10-16)22(32)28(23(33)26-24)15-20(30)25-17-5-7-18(8-6-17)29-14-11-19(27-29)21(31)34-4-2/h5-8,11,14,16H,3-4,9-10,12-13,15H2,1-2H3,(H,25,30)(H,26,33). The molecule has 10 heteroatoms. The first-order valence-corrected chi connectivity index (χ1v) is 11.6. The second-order valence-electron chi connectivity index (χ2n) is 8.72. The molecule has 1 aliphatic carbocycles. The minimum atomic E-state index is -0.864. The van der Waals surface area contributed by atoms with Crippen molar-refractivity contribution in [3.05, 3.63) is 42.2 Å². The molecule has 2 fully saturated rings. The highest BCUT2D eigenvalue weighted by molar-refractivity contribution is 6.10. The number of carbonyl (C=O) groups excluding carboxylic acids is 4. The summed E-state index contributed by atoms with van der Waals surface area (Å²) in [6.07, 6.45) is 5.72. The van der Waals surface area contributed by atoms with E-state index < -0.39 is 23.4 Å². The summed E-state index contributed by atoms with van der Waals surface area (Å²) >= 11 is 0. The van der Waals surface area contributed by atoms with Gasteiger partial charge in [-0.25, -0.2) is 14.3 Å². The van der Waals surface area contributed by atoms with Crippen LogP contribution in [0.15, 0.2) is 36.5 Å². The fraction of sp³-hybridized carbons (Fsp3) is 0.458. The van der Waals surface area contributed by atoms with E-state index in [4.69, 9.17) is 4.74 Å². The Kier molecular flexibility index (Phi) is 6.67. The van der Waals surface area contributed by atoms with Crippen LogP contribution in [0.5, 0.6) is 0 Å². The lowest BCUT2D eigenvalue weighted by atomic mass is 9.75. The monoisotopic (exact) mass is 467 g/mol. The molecule has 0 atom stereocenters. The van der Waals surface area contributed by atoms with Crippen LogP contribution in [-0.2, 0) is 14.3 Å². The van der Waals surface area contributed by atoms with Crippen LogP contribution in [0.4, 0.5) is 10.5 Å². The van der Waals surface area contributed by atoms with E-state index in [1.807, 2.05) is 0 Å². The summed E-state index contributed by atoms with van der Waals surface area (Å²) in [5.74, 6) is -0.687. The summed E-state index contributed by atoms with van der Waals surface area (Å²) in [5.41, 5.74) is 0.536. The van der Waals surface area contributed by atoms with Crippen molar-refractivity contribution in [2.24, 2.45) is 5.92 Å². The number of benzene rings is 1. The molecule has 34 heavy (non-hydrogen) atoms. The maximum Gasteiger partial charge on any atom is 0.358 e. The molecule has 0 unspecified atom stereocenters. The van der Waals surface area contributed by atoms with Gasteiger partial charge in [0.05, 0.1) is 12.3 Å². The topological polar surface area (TPSA) is 123 Å².